The fourth-order valence-corrected chi connectivity index (χ4v) is 2.84. The van der Waals surface area contributed by atoms with E-state index in [2.05, 4.69) is 6.92 Å². The molecule has 0 radical (unpaired) electrons. The van der Waals surface area contributed by atoms with Gasteiger partial charge in [-0.3, -0.25) is 0 Å². The van der Waals surface area contributed by atoms with E-state index in [9.17, 15) is 9.90 Å². The number of hydrogen-bond acceptors (Lipinski definition) is 2. The van der Waals surface area contributed by atoms with Crippen molar-refractivity contribution in [3.8, 4) is 0 Å². The second-order valence-corrected chi connectivity index (χ2v) is 5.33. The van der Waals surface area contributed by atoms with Gasteiger partial charge in [-0.05, 0) is 35.8 Å². The van der Waals surface area contributed by atoms with Gasteiger partial charge in [0.1, 0.15) is 0 Å². The highest BCUT2D eigenvalue weighted by Gasteiger charge is 2.26. The molecule has 1 aliphatic carbocycles. The Kier molecular flexibility index (Phi) is 4.02. The highest BCUT2D eigenvalue weighted by Crippen LogP contribution is 2.38. The first-order valence-electron chi connectivity index (χ1n) is 6.59. The molecular formula is C15H20O3. The van der Waals surface area contributed by atoms with Crippen LogP contribution in [0.4, 0.5) is 0 Å². The lowest BCUT2D eigenvalue weighted by Crippen LogP contribution is -2.17. The molecule has 0 heterocycles. The Morgan fingerprint density at radius 2 is 1.83 bits per heavy atom. The van der Waals surface area contributed by atoms with Gasteiger partial charge in [0.05, 0.1) is 0 Å². The van der Waals surface area contributed by atoms with Gasteiger partial charge in [0.25, 0.3) is 0 Å². The molecular weight excluding hydrogens is 228 g/mol. The first kappa shape index (κ1) is 13.1. The minimum atomic E-state index is -1.40. The molecule has 1 saturated carbocycles. The highest BCUT2D eigenvalue weighted by atomic mass is 16.4. The van der Waals surface area contributed by atoms with Crippen LogP contribution >= 0.6 is 0 Å². The summed E-state index contributed by atoms with van der Waals surface area (Å²) in [6, 6.07) is 7.40. The van der Waals surface area contributed by atoms with Crippen molar-refractivity contribution in [2.75, 3.05) is 0 Å². The Morgan fingerprint density at radius 1 is 1.22 bits per heavy atom. The van der Waals surface area contributed by atoms with Crippen molar-refractivity contribution in [3.05, 3.63) is 35.4 Å². The van der Waals surface area contributed by atoms with Gasteiger partial charge >= 0.3 is 5.97 Å². The summed E-state index contributed by atoms with van der Waals surface area (Å²) in [6.07, 6.45) is 3.14. The summed E-state index contributed by atoms with van der Waals surface area (Å²) in [5, 5.41) is 18.7. The third kappa shape index (κ3) is 2.72. The van der Waals surface area contributed by atoms with Gasteiger partial charge in [0.2, 0.25) is 0 Å². The van der Waals surface area contributed by atoms with Crippen LogP contribution in [0.3, 0.4) is 0 Å². The topological polar surface area (TPSA) is 57.5 Å². The molecule has 0 amide bonds. The third-order valence-corrected chi connectivity index (χ3v) is 3.98. The molecule has 3 nitrogen and oxygen atoms in total. The maximum Gasteiger partial charge on any atom is 0.337 e. The van der Waals surface area contributed by atoms with Crippen molar-refractivity contribution < 1.29 is 15.0 Å². The summed E-state index contributed by atoms with van der Waals surface area (Å²) in [7, 11) is 0. The van der Waals surface area contributed by atoms with E-state index >= 15 is 0 Å². The lowest BCUT2D eigenvalue weighted by molar-refractivity contribution is -0.147. The van der Waals surface area contributed by atoms with Crippen LogP contribution in [0.5, 0.6) is 0 Å². The normalized spacial score (nSPS) is 25.7. The number of benzene rings is 1. The molecule has 0 spiro atoms. The van der Waals surface area contributed by atoms with Crippen molar-refractivity contribution in [2.45, 2.75) is 44.6 Å². The summed E-state index contributed by atoms with van der Waals surface area (Å²) in [6.45, 7) is 2.26. The van der Waals surface area contributed by atoms with E-state index < -0.39 is 12.1 Å². The summed E-state index contributed by atoms with van der Waals surface area (Å²) < 4.78 is 0. The molecule has 3 heteroatoms. The molecule has 0 aliphatic heterocycles. The van der Waals surface area contributed by atoms with Gasteiger partial charge in [0.15, 0.2) is 6.10 Å². The molecule has 1 aliphatic rings. The van der Waals surface area contributed by atoms with Gasteiger partial charge in [-0.1, -0.05) is 44.0 Å². The Hall–Kier alpha value is -1.35. The van der Waals surface area contributed by atoms with E-state index in [1.807, 2.05) is 12.1 Å². The number of rotatable bonds is 3. The van der Waals surface area contributed by atoms with Crippen molar-refractivity contribution in [3.63, 3.8) is 0 Å². The van der Waals surface area contributed by atoms with Gasteiger partial charge < -0.3 is 10.2 Å². The molecule has 1 aromatic rings. The summed E-state index contributed by atoms with van der Waals surface area (Å²) in [5.41, 5.74) is 1.57. The Balaban J connectivity index is 2.24. The quantitative estimate of drug-likeness (QED) is 0.864. The molecule has 2 N–H and O–H groups in total. The lowest BCUT2D eigenvalue weighted by Gasteiger charge is -2.28. The van der Waals surface area contributed by atoms with E-state index in [1.165, 1.54) is 12.8 Å². The number of carboxylic acids is 1. The van der Waals surface area contributed by atoms with E-state index in [0.717, 1.165) is 24.3 Å². The van der Waals surface area contributed by atoms with E-state index in [0.29, 0.717) is 11.5 Å². The summed E-state index contributed by atoms with van der Waals surface area (Å²) >= 11 is 0. The van der Waals surface area contributed by atoms with E-state index in [1.54, 1.807) is 12.1 Å². The molecule has 0 saturated heterocycles. The predicted octanol–water partition coefficient (Wildman–Crippen LogP) is 3.10. The monoisotopic (exact) mass is 248 g/mol. The van der Waals surface area contributed by atoms with Crippen molar-refractivity contribution in [2.24, 2.45) is 5.92 Å². The highest BCUT2D eigenvalue weighted by molar-refractivity contribution is 5.74. The smallest absolute Gasteiger partial charge is 0.337 e. The minimum Gasteiger partial charge on any atom is -0.479 e. The molecule has 0 bridgehead atoms. The lowest BCUT2D eigenvalue weighted by atomic mass is 9.77. The van der Waals surface area contributed by atoms with Gasteiger partial charge in [-0.2, -0.15) is 0 Å². The van der Waals surface area contributed by atoms with Crippen molar-refractivity contribution in [1.82, 2.24) is 0 Å². The fourth-order valence-electron chi connectivity index (χ4n) is 2.84. The Bertz CT molecular complexity index is 420. The van der Waals surface area contributed by atoms with Crippen LogP contribution in [-0.2, 0) is 4.79 Å². The number of carboxylic acid groups (broad SMARTS) is 1. The Labute approximate surface area is 107 Å². The van der Waals surface area contributed by atoms with E-state index in [4.69, 9.17) is 5.11 Å². The van der Waals surface area contributed by atoms with Crippen LogP contribution < -0.4 is 0 Å². The van der Waals surface area contributed by atoms with E-state index in [-0.39, 0.29) is 0 Å². The van der Waals surface area contributed by atoms with Gasteiger partial charge in [-0.25, -0.2) is 4.79 Å². The zero-order valence-electron chi connectivity index (χ0n) is 10.7. The van der Waals surface area contributed by atoms with Crippen molar-refractivity contribution >= 4 is 5.97 Å². The van der Waals surface area contributed by atoms with Crippen LogP contribution in [0.1, 0.15) is 55.8 Å². The summed E-state index contributed by atoms with van der Waals surface area (Å²) in [4.78, 5) is 10.9. The molecule has 2 rings (SSSR count). The van der Waals surface area contributed by atoms with Crippen LogP contribution in [0.25, 0.3) is 0 Å². The molecule has 1 unspecified atom stereocenters. The third-order valence-electron chi connectivity index (χ3n) is 3.98. The molecule has 0 aromatic heterocycles. The predicted molar refractivity (Wildman–Crippen MR) is 69.4 cm³/mol. The Morgan fingerprint density at radius 3 is 2.44 bits per heavy atom. The number of aliphatic hydroxyl groups excluding tert-OH is 1. The number of hydrogen-bond donors (Lipinski definition) is 2. The second-order valence-electron chi connectivity index (χ2n) is 5.33. The number of carbonyl (C=O) groups is 1. The SMILES string of the molecule is CC1CCC(c2ccccc2C(O)C(=O)O)CC1. The maximum absolute atomic E-state index is 10.9. The first-order chi connectivity index (χ1) is 8.59. The molecule has 1 fully saturated rings. The first-order valence-corrected chi connectivity index (χ1v) is 6.59. The minimum absolute atomic E-state index is 0.395. The van der Waals surface area contributed by atoms with Gasteiger partial charge in [-0.15, -0.1) is 0 Å². The molecule has 98 valence electrons. The molecule has 18 heavy (non-hydrogen) atoms. The van der Waals surface area contributed by atoms with Gasteiger partial charge in [0, 0.05) is 0 Å². The standard InChI is InChI=1S/C15H20O3/c1-10-6-8-11(9-7-10)12-4-2-3-5-13(12)14(16)15(17)18/h2-5,10-11,14,16H,6-9H2,1H3,(H,17,18). The van der Waals surface area contributed by atoms with Crippen LogP contribution in [-0.4, -0.2) is 16.2 Å². The van der Waals surface area contributed by atoms with Crippen LogP contribution in [0.2, 0.25) is 0 Å². The average Bonchev–Trinajstić information content (AvgIpc) is 2.39. The molecule has 1 atom stereocenters. The van der Waals surface area contributed by atoms with Crippen LogP contribution in [0.15, 0.2) is 24.3 Å². The van der Waals surface area contributed by atoms with Crippen LogP contribution in [0, 0.1) is 5.92 Å². The largest absolute Gasteiger partial charge is 0.479 e. The zero-order valence-corrected chi connectivity index (χ0v) is 10.7. The number of aliphatic hydroxyl groups is 1. The summed E-state index contributed by atoms with van der Waals surface area (Å²) in [5.74, 6) is -0.0177. The maximum atomic E-state index is 10.9. The molecule has 1 aromatic carbocycles. The fraction of sp³-hybridized carbons (Fsp3) is 0.533. The second kappa shape index (κ2) is 5.53. The van der Waals surface area contributed by atoms with Crippen molar-refractivity contribution in [1.29, 1.82) is 0 Å². The zero-order chi connectivity index (χ0) is 13.1. The average molecular weight is 248 g/mol. The number of aliphatic carboxylic acids is 1.